The van der Waals surface area contributed by atoms with Gasteiger partial charge in [-0.15, -0.1) is 0 Å². The molecule has 0 spiro atoms. The van der Waals surface area contributed by atoms with Gasteiger partial charge in [0.05, 0.1) is 10.0 Å². The molecule has 0 aliphatic rings. The predicted molar refractivity (Wildman–Crippen MR) is 72.8 cm³/mol. The fourth-order valence-corrected chi connectivity index (χ4v) is 2.11. The topological polar surface area (TPSA) is 22.1 Å². The molecule has 0 saturated carbocycles. The van der Waals surface area contributed by atoms with Gasteiger partial charge in [-0.05, 0) is 52.2 Å². The molecular formula is C14H10BrF4NO. The lowest BCUT2D eigenvalue weighted by Gasteiger charge is -2.12. The van der Waals surface area contributed by atoms with Gasteiger partial charge in [0.15, 0.2) is 0 Å². The lowest BCUT2D eigenvalue weighted by molar-refractivity contribution is -0.137. The van der Waals surface area contributed by atoms with Crippen LogP contribution in [-0.2, 0) is 12.6 Å². The first-order chi connectivity index (χ1) is 9.81. The van der Waals surface area contributed by atoms with Gasteiger partial charge in [-0.3, -0.25) is 0 Å². The van der Waals surface area contributed by atoms with E-state index in [4.69, 9.17) is 4.74 Å². The summed E-state index contributed by atoms with van der Waals surface area (Å²) in [6.07, 6.45) is -3.26. The number of nitrogens with zero attached hydrogens (tertiary/aromatic N) is 1. The largest absolute Gasteiger partial charge is 0.438 e. The Bertz CT molecular complexity index is 658. The van der Waals surface area contributed by atoms with Gasteiger partial charge in [0.2, 0.25) is 5.88 Å². The van der Waals surface area contributed by atoms with Crippen LogP contribution in [0, 0.1) is 5.82 Å². The number of halogens is 5. The summed E-state index contributed by atoms with van der Waals surface area (Å²) in [4.78, 5) is 3.65. The number of rotatable bonds is 3. The molecule has 0 unspecified atom stereocenters. The smallest absolute Gasteiger partial charge is 0.417 e. The standard InChI is InChI=1S/C14H10BrF4NO/c1-2-8-5-10(16)3-4-12(8)21-13-11(15)6-9(7-20-13)14(17,18)19/h3-7H,2H2,1H3. The molecule has 0 saturated heterocycles. The van der Waals surface area contributed by atoms with E-state index in [1.54, 1.807) is 0 Å². The fraction of sp³-hybridized carbons (Fsp3) is 0.214. The minimum atomic E-state index is -4.47. The van der Waals surface area contributed by atoms with E-state index in [0.717, 1.165) is 6.07 Å². The molecular weight excluding hydrogens is 354 g/mol. The highest BCUT2D eigenvalue weighted by Crippen LogP contribution is 2.35. The van der Waals surface area contributed by atoms with Crippen LogP contribution in [0.5, 0.6) is 11.6 Å². The first-order valence-electron chi connectivity index (χ1n) is 6.00. The maximum absolute atomic E-state index is 13.1. The minimum Gasteiger partial charge on any atom is -0.438 e. The van der Waals surface area contributed by atoms with Crippen LogP contribution in [0.1, 0.15) is 18.1 Å². The number of aryl methyl sites for hydroxylation is 1. The lowest BCUT2D eigenvalue weighted by Crippen LogP contribution is -2.06. The summed E-state index contributed by atoms with van der Waals surface area (Å²) in [5.74, 6) is -0.0604. The highest BCUT2D eigenvalue weighted by Gasteiger charge is 2.31. The molecule has 1 aromatic heterocycles. The molecule has 112 valence electrons. The van der Waals surface area contributed by atoms with Crippen LogP contribution < -0.4 is 4.74 Å². The van der Waals surface area contributed by atoms with E-state index >= 15 is 0 Å². The summed E-state index contributed by atoms with van der Waals surface area (Å²) in [6.45, 7) is 1.82. The molecule has 0 atom stereocenters. The van der Waals surface area contributed by atoms with Crippen molar-refractivity contribution in [3.8, 4) is 11.6 Å². The molecule has 2 nitrogen and oxygen atoms in total. The van der Waals surface area contributed by atoms with Gasteiger partial charge in [-0.25, -0.2) is 9.37 Å². The molecule has 1 aromatic carbocycles. The number of ether oxygens (including phenoxy) is 1. The number of alkyl halides is 3. The third-order valence-electron chi connectivity index (χ3n) is 2.74. The Morgan fingerprint density at radius 2 is 1.95 bits per heavy atom. The molecule has 21 heavy (non-hydrogen) atoms. The molecule has 0 aliphatic carbocycles. The molecule has 0 aliphatic heterocycles. The van der Waals surface area contributed by atoms with Gasteiger partial charge in [0.25, 0.3) is 0 Å². The molecule has 2 rings (SSSR count). The van der Waals surface area contributed by atoms with Crippen LogP contribution in [-0.4, -0.2) is 4.98 Å². The van der Waals surface area contributed by atoms with Crippen molar-refractivity contribution in [2.75, 3.05) is 0 Å². The quantitative estimate of drug-likeness (QED) is 0.685. The summed E-state index contributed by atoms with van der Waals surface area (Å²) in [5, 5.41) is 0. The number of aromatic nitrogens is 1. The molecule has 0 N–H and O–H groups in total. The van der Waals surface area contributed by atoms with Gasteiger partial charge in [0, 0.05) is 6.20 Å². The number of pyridine rings is 1. The number of hydrogen-bond acceptors (Lipinski definition) is 2. The molecule has 0 radical (unpaired) electrons. The average Bonchev–Trinajstić information content (AvgIpc) is 2.41. The van der Waals surface area contributed by atoms with E-state index in [9.17, 15) is 17.6 Å². The van der Waals surface area contributed by atoms with E-state index < -0.39 is 17.6 Å². The van der Waals surface area contributed by atoms with E-state index in [2.05, 4.69) is 20.9 Å². The van der Waals surface area contributed by atoms with Crippen LogP contribution in [0.25, 0.3) is 0 Å². The Kier molecular flexibility index (Phi) is 4.51. The third kappa shape index (κ3) is 3.72. The Morgan fingerprint density at radius 3 is 2.52 bits per heavy atom. The van der Waals surface area contributed by atoms with Crippen molar-refractivity contribution in [3.63, 3.8) is 0 Å². The van der Waals surface area contributed by atoms with Crippen molar-refractivity contribution in [3.05, 3.63) is 51.9 Å². The van der Waals surface area contributed by atoms with Gasteiger partial charge >= 0.3 is 6.18 Å². The second-order valence-corrected chi connectivity index (χ2v) is 5.07. The zero-order chi connectivity index (χ0) is 15.6. The first-order valence-corrected chi connectivity index (χ1v) is 6.79. The molecule has 0 bridgehead atoms. The molecule has 2 aromatic rings. The summed E-state index contributed by atoms with van der Waals surface area (Å²) >= 11 is 3.00. The average molecular weight is 364 g/mol. The maximum atomic E-state index is 13.1. The number of benzene rings is 1. The Hall–Kier alpha value is -1.63. The monoisotopic (exact) mass is 363 g/mol. The van der Waals surface area contributed by atoms with Crippen molar-refractivity contribution in [1.82, 2.24) is 4.98 Å². The second kappa shape index (κ2) is 6.01. The van der Waals surface area contributed by atoms with Crippen LogP contribution in [0.15, 0.2) is 34.9 Å². The van der Waals surface area contributed by atoms with E-state index in [1.165, 1.54) is 18.2 Å². The van der Waals surface area contributed by atoms with Crippen molar-refractivity contribution in [1.29, 1.82) is 0 Å². The van der Waals surface area contributed by atoms with Crippen molar-refractivity contribution >= 4 is 15.9 Å². The summed E-state index contributed by atoms with van der Waals surface area (Å²) in [5.41, 5.74) is -0.278. The normalized spacial score (nSPS) is 11.5. The lowest BCUT2D eigenvalue weighted by atomic mass is 10.1. The highest BCUT2D eigenvalue weighted by molar-refractivity contribution is 9.10. The van der Waals surface area contributed by atoms with Crippen molar-refractivity contribution < 1.29 is 22.3 Å². The van der Waals surface area contributed by atoms with Crippen molar-refractivity contribution in [2.24, 2.45) is 0 Å². The maximum Gasteiger partial charge on any atom is 0.417 e. The minimum absolute atomic E-state index is 0.00990. The Labute approximate surface area is 126 Å². The Balaban J connectivity index is 2.32. The molecule has 0 amide bonds. The van der Waals surface area contributed by atoms with Gasteiger partial charge in [-0.2, -0.15) is 13.2 Å². The van der Waals surface area contributed by atoms with Gasteiger partial charge < -0.3 is 4.74 Å². The van der Waals surface area contributed by atoms with Crippen LogP contribution >= 0.6 is 15.9 Å². The van der Waals surface area contributed by atoms with Crippen molar-refractivity contribution in [2.45, 2.75) is 19.5 Å². The predicted octanol–water partition coefficient (Wildman–Crippen LogP) is 5.36. The van der Waals surface area contributed by atoms with E-state index in [-0.39, 0.29) is 10.4 Å². The Morgan fingerprint density at radius 1 is 1.24 bits per heavy atom. The first kappa shape index (κ1) is 15.8. The molecule has 0 fully saturated rings. The summed E-state index contributed by atoms with van der Waals surface area (Å²) < 4.78 is 56.3. The van der Waals surface area contributed by atoms with E-state index in [1.807, 2.05) is 6.92 Å². The zero-order valence-corrected chi connectivity index (χ0v) is 12.4. The van der Waals surface area contributed by atoms with Crippen LogP contribution in [0.4, 0.5) is 17.6 Å². The van der Waals surface area contributed by atoms with E-state index in [0.29, 0.717) is 23.9 Å². The number of hydrogen-bond donors (Lipinski definition) is 0. The molecule has 7 heteroatoms. The zero-order valence-electron chi connectivity index (χ0n) is 10.8. The third-order valence-corrected chi connectivity index (χ3v) is 3.31. The van der Waals surface area contributed by atoms with Gasteiger partial charge in [-0.1, -0.05) is 6.92 Å². The van der Waals surface area contributed by atoms with Crippen LogP contribution in [0.3, 0.4) is 0 Å². The van der Waals surface area contributed by atoms with Crippen LogP contribution in [0.2, 0.25) is 0 Å². The second-order valence-electron chi connectivity index (χ2n) is 4.22. The SMILES string of the molecule is CCc1cc(F)ccc1Oc1ncc(C(F)(F)F)cc1Br. The highest BCUT2D eigenvalue weighted by atomic mass is 79.9. The summed E-state index contributed by atoms with van der Waals surface area (Å²) in [7, 11) is 0. The molecule has 1 heterocycles. The van der Waals surface area contributed by atoms with Gasteiger partial charge in [0.1, 0.15) is 11.6 Å². The summed E-state index contributed by atoms with van der Waals surface area (Å²) in [6, 6.07) is 4.83. The fourth-order valence-electron chi connectivity index (χ4n) is 1.68.